The zero-order chi connectivity index (χ0) is 15.7. The van der Waals surface area contributed by atoms with Gasteiger partial charge in [0.25, 0.3) is 0 Å². The van der Waals surface area contributed by atoms with Crippen LogP contribution in [0.15, 0.2) is 18.2 Å². The maximum absolute atomic E-state index is 12.6. The van der Waals surface area contributed by atoms with Gasteiger partial charge in [-0.25, -0.2) is 0 Å². The highest BCUT2D eigenvalue weighted by Crippen LogP contribution is 2.33. The molecule has 23 heavy (non-hydrogen) atoms. The van der Waals surface area contributed by atoms with E-state index in [0.29, 0.717) is 12.1 Å². The number of nitrogens with two attached hydrogens (primary N) is 1. The van der Waals surface area contributed by atoms with Gasteiger partial charge in [0, 0.05) is 23.2 Å². The lowest BCUT2D eigenvalue weighted by Crippen LogP contribution is -2.51. The molecule has 0 aromatic heterocycles. The average Bonchev–Trinajstić information content (AvgIpc) is 2.47. The van der Waals surface area contributed by atoms with E-state index in [0.717, 1.165) is 49.7 Å². The molecule has 1 amide bonds. The van der Waals surface area contributed by atoms with E-state index in [2.05, 4.69) is 5.32 Å². The van der Waals surface area contributed by atoms with Crippen LogP contribution in [0, 0.1) is 5.92 Å². The Morgan fingerprint density at radius 1 is 1.26 bits per heavy atom. The van der Waals surface area contributed by atoms with Crippen LogP contribution in [-0.4, -0.2) is 17.2 Å². The van der Waals surface area contributed by atoms with Crippen LogP contribution in [0.4, 0.5) is 5.69 Å². The van der Waals surface area contributed by atoms with Crippen LogP contribution in [0.25, 0.3) is 0 Å². The molecular formula is C18H25ClN2O2. The number of ketones is 1. The summed E-state index contributed by atoms with van der Waals surface area (Å²) < 4.78 is 0. The van der Waals surface area contributed by atoms with Crippen LogP contribution in [0.3, 0.4) is 0 Å². The number of rotatable bonds is 2. The van der Waals surface area contributed by atoms with Gasteiger partial charge in [0.1, 0.15) is 0 Å². The van der Waals surface area contributed by atoms with Crippen molar-refractivity contribution in [3.8, 4) is 0 Å². The third-order valence-corrected chi connectivity index (χ3v) is 5.10. The minimum Gasteiger partial charge on any atom is -0.326 e. The maximum atomic E-state index is 12.6. The second-order valence-electron chi connectivity index (χ2n) is 6.94. The minimum absolute atomic E-state index is 0. The Hall–Kier alpha value is -1.39. The number of hydrogen-bond acceptors (Lipinski definition) is 3. The lowest BCUT2D eigenvalue weighted by molar-refractivity contribution is -0.122. The van der Waals surface area contributed by atoms with Crippen molar-refractivity contribution in [1.82, 2.24) is 0 Å². The molecule has 0 aliphatic heterocycles. The Kier molecular flexibility index (Phi) is 5.48. The van der Waals surface area contributed by atoms with Crippen molar-refractivity contribution in [2.75, 3.05) is 5.32 Å². The van der Waals surface area contributed by atoms with Crippen molar-refractivity contribution in [2.45, 2.75) is 57.4 Å². The molecule has 1 fully saturated rings. The van der Waals surface area contributed by atoms with E-state index >= 15 is 0 Å². The number of halogens is 1. The van der Waals surface area contributed by atoms with Crippen LogP contribution in [0.2, 0.25) is 0 Å². The van der Waals surface area contributed by atoms with Crippen molar-refractivity contribution in [3.05, 3.63) is 29.3 Å². The molecule has 1 saturated carbocycles. The van der Waals surface area contributed by atoms with Gasteiger partial charge >= 0.3 is 0 Å². The summed E-state index contributed by atoms with van der Waals surface area (Å²) in [6, 6.07) is 5.68. The van der Waals surface area contributed by atoms with E-state index in [-0.39, 0.29) is 30.0 Å². The Balaban J connectivity index is 0.00000192. The van der Waals surface area contributed by atoms with Crippen molar-refractivity contribution < 1.29 is 9.59 Å². The molecule has 0 bridgehead atoms. The number of nitrogens with one attached hydrogen (secondary N) is 1. The first-order valence-corrected chi connectivity index (χ1v) is 8.23. The van der Waals surface area contributed by atoms with Crippen LogP contribution >= 0.6 is 12.4 Å². The Bertz CT molecular complexity index is 613. The number of aryl methyl sites for hydroxylation is 1. The summed E-state index contributed by atoms with van der Waals surface area (Å²) in [6.07, 6.45) is 6.33. The lowest BCUT2D eigenvalue weighted by atomic mass is 9.74. The molecule has 4 nitrogen and oxygen atoms in total. The standard InChI is InChI=1S/C18H24N2O2.ClH/c1-18(19)10-3-2-6-15(18)17(22)20-13-9-8-12-5-4-7-16(21)14(12)11-13;/h8-9,11,15H,2-7,10,19H2,1H3,(H,20,22);1H. The molecule has 2 aliphatic rings. The zero-order valence-electron chi connectivity index (χ0n) is 13.6. The highest BCUT2D eigenvalue weighted by Gasteiger charge is 2.37. The van der Waals surface area contributed by atoms with Gasteiger partial charge in [-0.3, -0.25) is 9.59 Å². The van der Waals surface area contributed by atoms with E-state index in [1.807, 2.05) is 25.1 Å². The summed E-state index contributed by atoms with van der Waals surface area (Å²) >= 11 is 0. The fourth-order valence-corrected chi connectivity index (χ4v) is 3.72. The number of amides is 1. The van der Waals surface area contributed by atoms with Crippen LogP contribution in [-0.2, 0) is 11.2 Å². The fourth-order valence-electron chi connectivity index (χ4n) is 3.72. The normalized spacial score (nSPS) is 26.9. The zero-order valence-corrected chi connectivity index (χ0v) is 14.4. The van der Waals surface area contributed by atoms with E-state index in [9.17, 15) is 9.59 Å². The van der Waals surface area contributed by atoms with Crippen LogP contribution < -0.4 is 11.1 Å². The quantitative estimate of drug-likeness (QED) is 0.868. The van der Waals surface area contributed by atoms with E-state index in [1.54, 1.807) is 0 Å². The second-order valence-corrected chi connectivity index (χ2v) is 6.94. The first-order valence-electron chi connectivity index (χ1n) is 8.23. The number of carbonyl (C=O) groups is 2. The second kappa shape index (κ2) is 7.02. The summed E-state index contributed by atoms with van der Waals surface area (Å²) in [4.78, 5) is 24.6. The maximum Gasteiger partial charge on any atom is 0.229 e. The largest absolute Gasteiger partial charge is 0.326 e. The molecule has 126 valence electrons. The highest BCUT2D eigenvalue weighted by molar-refractivity contribution is 6.01. The van der Waals surface area contributed by atoms with Gasteiger partial charge in [-0.2, -0.15) is 0 Å². The summed E-state index contributed by atoms with van der Waals surface area (Å²) in [6.45, 7) is 1.97. The number of Topliss-reactive ketones (excluding diaryl/α,β-unsaturated/α-hetero) is 1. The molecule has 0 radical (unpaired) electrons. The number of hydrogen-bond donors (Lipinski definition) is 2. The number of anilines is 1. The van der Waals surface area contributed by atoms with Crippen molar-refractivity contribution in [3.63, 3.8) is 0 Å². The van der Waals surface area contributed by atoms with Crippen molar-refractivity contribution >= 4 is 29.8 Å². The Labute approximate surface area is 143 Å². The van der Waals surface area contributed by atoms with Gasteiger partial charge < -0.3 is 11.1 Å². The van der Waals surface area contributed by atoms with Crippen LogP contribution in [0.1, 0.15) is 61.4 Å². The summed E-state index contributed by atoms with van der Waals surface area (Å²) in [5.41, 5.74) is 8.43. The molecule has 3 rings (SSSR count). The summed E-state index contributed by atoms with van der Waals surface area (Å²) in [7, 11) is 0. The summed E-state index contributed by atoms with van der Waals surface area (Å²) in [5, 5.41) is 2.97. The summed E-state index contributed by atoms with van der Waals surface area (Å²) in [5.74, 6) is -0.000397. The molecule has 0 heterocycles. The number of fused-ring (bicyclic) bond motifs is 1. The molecule has 2 unspecified atom stereocenters. The van der Waals surface area contributed by atoms with Crippen molar-refractivity contribution in [1.29, 1.82) is 0 Å². The Morgan fingerprint density at radius 2 is 2.04 bits per heavy atom. The topological polar surface area (TPSA) is 72.2 Å². The molecule has 0 saturated heterocycles. The molecule has 1 aromatic carbocycles. The highest BCUT2D eigenvalue weighted by atomic mass is 35.5. The predicted molar refractivity (Wildman–Crippen MR) is 94.1 cm³/mol. The lowest BCUT2D eigenvalue weighted by Gasteiger charge is -2.37. The smallest absolute Gasteiger partial charge is 0.229 e. The third-order valence-electron chi connectivity index (χ3n) is 5.10. The SMILES string of the molecule is CC1(N)CCCCC1C(=O)Nc1ccc2c(c1)C(=O)CCC2.Cl. The third kappa shape index (κ3) is 3.75. The molecule has 1 aromatic rings. The molecule has 5 heteroatoms. The van der Waals surface area contributed by atoms with Gasteiger partial charge in [-0.15, -0.1) is 12.4 Å². The predicted octanol–water partition coefficient (Wildman–Crippen LogP) is 3.47. The first-order chi connectivity index (χ1) is 10.5. The van der Waals surface area contributed by atoms with Gasteiger partial charge in [0.05, 0.1) is 5.92 Å². The van der Waals surface area contributed by atoms with Gasteiger partial charge in [0.2, 0.25) is 5.91 Å². The van der Waals surface area contributed by atoms with Gasteiger partial charge in [-0.1, -0.05) is 18.9 Å². The van der Waals surface area contributed by atoms with Crippen molar-refractivity contribution in [2.24, 2.45) is 11.7 Å². The molecule has 2 atom stereocenters. The molecule has 2 aliphatic carbocycles. The fraction of sp³-hybridized carbons (Fsp3) is 0.556. The number of carbonyl (C=O) groups excluding carboxylic acids is 2. The van der Waals surface area contributed by atoms with Crippen LogP contribution in [0.5, 0.6) is 0 Å². The molecule has 3 N–H and O–H groups in total. The van der Waals surface area contributed by atoms with Gasteiger partial charge in [-0.05, 0) is 50.3 Å². The minimum atomic E-state index is -0.438. The molecule has 0 spiro atoms. The molecular weight excluding hydrogens is 312 g/mol. The monoisotopic (exact) mass is 336 g/mol. The van der Waals surface area contributed by atoms with Gasteiger partial charge in [0.15, 0.2) is 5.78 Å². The van der Waals surface area contributed by atoms with E-state index < -0.39 is 5.54 Å². The first kappa shape index (κ1) is 18.0. The number of benzene rings is 1. The average molecular weight is 337 g/mol. The Morgan fingerprint density at radius 3 is 2.78 bits per heavy atom. The van der Waals surface area contributed by atoms with E-state index in [4.69, 9.17) is 5.73 Å². The van der Waals surface area contributed by atoms with E-state index in [1.165, 1.54) is 0 Å².